The van der Waals surface area contributed by atoms with Crippen LogP contribution in [0.15, 0.2) is 59.5 Å². The molecule has 5 rings (SSSR count). The quantitative estimate of drug-likeness (QED) is 0.902. The van der Waals surface area contributed by atoms with Crippen molar-refractivity contribution in [2.45, 2.75) is 36.7 Å². The highest BCUT2D eigenvalue weighted by atomic mass is 32.2. The van der Waals surface area contributed by atoms with Crippen LogP contribution in [0.25, 0.3) is 6.08 Å². The molecule has 0 spiro atoms. The molecule has 0 aliphatic carbocycles. The predicted octanol–water partition coefficient (Wildman–Crippen LogP) is 3.16. The molecule has 136 valence electrons. The molecule has 3 saturated heterocycles. The number of piperidine rings is 1. The van der Waals surface area contributed by atoms with Gasteiger partial charge in [0, 0.05) is 31.1 Å². The van der Waals surface area contributed by atoms with Gasteiger partial charge in [-0.25, -0.2) is 8.42 Å². The van der Waals surface area contributed by atoms with Gasteiger partial charge in [0.25, 0.3) is 0 Å². The van der Waals surface area contributed by atoms with Gasteiger partial charge in [0.15, 0.2) is 0 Å². The Labute approximate surface area is 155 Å². The molecular weight excluding hydrogens is 344 g/mol. The molecule has 1 N–H and O–H groups in total. The number of fused-ring (bicyclic) bond motifs is 2. The van der Waals surface area contributed by atoms with Crippen molar-refractivity contribution in [2.75, 3.05) is 13.1 Å². The molecule has 2 aromatic carbocycles. The summed E-state index contributed by atoms with van der Waals surface area (Å²) in [6.07, 6.45) is 4.11. The van der Waals surface area contributed by atoms with Gasteiger partial charge in [-0.15, -0.1) is 0 Å². The molecule has 3 aliphatic rings. The van der Waals surface area contributed by atoms with Crippen LogP contribution in [0.3, 0.4) is 0 Å². The lowest BCUT2D eigenvalue weighted by Gasteiger charge is -2.54. The zero-order valence-corrected chi connectivity index (χ0v) is 15.9. The second-order valence-electron chi connectivity index (χ2n) is 7.21. The number of benzene rings is 2. The van der Waals surface area contributed by atoms with E-state index in [0.29, 0.717) is 23.9 Å². The second-order valence-corrected chi connectivity index (χ2v) is 9.15. The average Bonchev–Trinajstić information content (AvgIpc) is 2.64. The van der Waals surface area contributed by atoms with Crippen molar-refractivity contribution in [3.8, 4) is 0 Å². The van der Waals surface area contributed by atoms with Gasteiger partial charge < -0.3 is 5.32 Å². The second kappa shape index (κ2) is 6.65. The first-order chi connectivity index (χ1) is 12.5. The highest BCUT2D eigenvalue weighted by Crippen LogP contribution is 2.38. The zero-order chi connectivity index (χ0) is 18.3. The number of allylic oxidation sites excluding steroid dienone is 1. The third-order valence-corrected chi connectivity index (χ3v) is 7.28. The molecule has 2 bridgehead atoms. The van der Waals surface area contributed by atoms with E-state index in [1.807, 2.05) is 32.1 Å². The maximum atomic E-state index is 12.9. The Morgan fingerprint density at radius 1 is 1.00 bits per heavy atom. The molecule has 2 aromatic rings. The van der Waals surface area contributed by atoms with Crippen molar-refractivity contribution in [1.82, 2.24) is 9.62 Å². The summed E-state index contributed by atoms with van der Waals surface area (Å²) < 4.78 is 27.5. The summed E-state index contributed by atoms with van der Waals surface area (Å²) in [5.74, 6) is 0.388. The SMILES string of the molecule is C/C=C/c1ccc(C2[C@@H]3CN(S(=O)(=O)c4ccc(C)cc4)C[C@H]2N3)cc1. The lowest BCUT2D eigenvalue weighted by molar-refractivity contribution is 0.102. The number of nitrogens with zero attached hydrogens (tertiary/aromatic N) is 1. The molecule has 0 saturated carbocycles. The first-order valence-electron chi connectivity index (χ1n) is 9.04. The lowest BCUT2D eigenvalue weighted by Crippen LogP contribution is -2.72. The normalized spacial score (nSPS) is 26.0. The van der Waals surface area contributed by atoms with Crippen molar-refractivity contribution in [1.29, 1.82) is 0 Å². The van der Waals surface area contributed by atoms with E-state index in [9.17, 15) is 8.42 Å². The number of hydrogen-bond donors (Lipinski definition) is 1. The Morgan fingerprint density at radius 2 is 1.62 bits per heavy atom. The summed E-state index contributed by atoms with van der Waals surface area (Å²) in [6.45, 7) is 5.02. The van der Waals surface area contributed by atoms with Crippen molar-refractivity contribution in [2.24, 2.45) is 0 Å². The molecule has 3 heterocycles. The third kappa shape index (κ3) is 3.00. The van der Waals surface area contributed by atoms with Gasteiger partial charge in [0.2, 0.25) is 10.0 Å². The standard InChI is InChI=1S/C21H24N2O2S/c1-3-4-16-7-9-17(10-8-16)21-19-13-23(14-20(21)22-19)26(24,25)18-11-5-15(2)6-12-18/h3-12,19-22H,13-14H2,1-2H3/b4-3+/t19-,20+,21?. The number of hydrogen-bond acceptors (Lipinski definition) is 3. The molecule has 1 unspecified atom stereocenters. The molecular formula is C21H24N2O2S. The molecule has 5 heteroatoms. The maximum absolute atomic E-state index is 12.9. The summed E-state index contributed by atoms with van der Waals surface area (Å²) in [7, 11) is -3.42. The van der Waals surface area contributed by atoms with Gasteiger partial charge >= 0.3 is 0 Å². The highest BCUT2D eigenvalue weighted by molar-refractivity contribution is 7.89. The highest BCUT2D eigenvalue weighted by Gasteiger charge is 2.49. The van der Waals surface area contributed by atoms with Gasteiger partial charge in [-0.3, -0.25) is 0 Å². The maximum Gasteiger partial charge on any atom is 0.243 e. The van der Waals surface area contributed by atoms with Crippen LogP contribution in [-0.2, 0) is 10.0 Å². The third-order valence-electron chi connectivity index (χ3n) is 5.44. The smallest absolute Gasteiger partial charge is 0.243 e. The van der Waals surface area contributed by atoms with E-state index in [-0.39, 0.29) is 12.1 Å². The van der Waals surface area contributed by atoms with Gasteiger partial charge in [-0.05, 0) is 37.1 Å². The van der Waals surface area contributed by atoms with Gasteiger partial charge in [0.05, 0.1) is 4.90 Å². The minimum absolute atomic E-state index is 0.182. The fourth-order valence-corrected chi connectivity index (χ4v) is 5.52. The Kier molecular flexibility index (Phi) is 4.47. The number of rotatable bonds is 4. The predicted molar refractivity (Wildman–Crippen MR) is 105 cm³/mol. The first kappa shape index (κ1) is 17.5. The molecule has 0 radical (unpaired) electrons. The van der Waals surface area contributed by atoms with E-state index in [4.69, 9.17) is 0 Å². The van der Waals surface area contributed by atoms with Crippen LogP contribution >= 0.6 is 0 Å². The van der Waals surface area contributed by atoms with Crippen molar-refractivity contribution in [3.63, 3.8) is 0 Å². The topological polar surface area (TPSA) is 49.4 Å². The van der Waals surface area contributed by atoms with E-state index < -0.39 is 10.0 Å². The zero-order valence-electron chi connectivity index (χ0n) is 15.1. The van der Waals surface area contributed by atoms with Crippen LogP contribution in [0.1, 0.15) is 29.5 Å². The number of piperazine rings is 1. The van der Waals surface area contributed by atoms with Crippen molar-refractivity contribution < 1.29 is 8.42 Å². The largest absolute Gasteiger partial charge is 0.307 e. The molecule has 0 aromatic heterocycles. The van der Waals surface area contributed by atoms with Crippen molar-refractivity contribution in [3.05, 3.63) is 71.3 Å². The van der Waals surface area contributed by atoms with Crippen LogP contribution in [-0.4, -0.2) is 37.9 Å². The van der Waals surface area contributed by atoms with Gasteiger partial charge in [-0.2, -0.15) is 4.31 Å². The van der Waals surface area contributed by atoms with Crippen LogP contribution < -0.4 is 5.32 Å². The summed E-state index contributed by atoms with van der Waals surface area (Å²) >= 11 is 0. The van der Waals surface area contributed by atoms with Crippen LogP contribution in [0.2, 0.25) is 0 Å². The summed E-state index contributed by atoms with van der Waals surface area (Å²) in [5, 5.41) is 3.51. The van der Waals surface area contributed by atoms with E-state index in [1.165, 1.54) is 11.1 Å². The number of aryl methyl sites for hydroxylation is 1. The summed E-state index contributed by atoms with van der Waals surface area (Å²) in [6, 6.07) is 16.1. The Hall–Kier alpha value is -1.95. The van der Waals surface area contributed by atoms with E-state index in [1.54, 1.807) is 16.4 Å². The van der Waals surface area contributed by atoms with Crippen LogP contribution in [0.5, 0.6) is 0 Å². The molecule has 3 aliphatic heterocycles. The Morgan fingerprint density at radius 3 is 2.19 bits per heavy atom. The lowest BCUT2D eigenvalue weighted by atomic mass is 9.75. The molecule has 3 atom stereocenters. The molecule has 26 heavy (non-hydrogen) atoms. The first-order valence-corrected chi connectivity index (χ1v) is 10.5. The molecule has 0 amide bonds. The van der Waals surface area contributed by atoms with Crippen molar-refractivity contribution >= 4 is 16.1 Å². The fraction of sp³-hybridized carbons (Fsp3) is 0.333. The summed E-state index contributed by atoms with van der Waals surface area (Å²) in [5.41, 5.74) is 3.55. The Balaban J connectivity index is 1.50. The minimum atomic E-state index is -3.42. The fourth-order valence-electron chi connectivity index (χ4n) is 4.03. The average molecular weight is 369 g/mol. The minimum Gasteiger partial charge on any atom is -0.307 e. The van der Waals surface area contributed by atoms with Crippen LogP contribution in [0.4, 0.5) is 0 Å². The van der Waals surface area contributed by atoms with Crippen LogP contribution in [0, 0.1) is 6.92 Å². The van der Waals surface area contributed by atoms with Gasteiger partial charge in [0.1, 0.15) is 0 Å². The molecule has 4 nitrogen and oxygen atoms in total. The van der Waals surface area contributed by atoms with Gasteiger partial charge in [-0.1, -0.05) is 54.1 Å². The van der Waals surface area contributed by atoms with E-state index in [0.717, 1.165) is 5.56 Å². The Bertz CT molecular complexity index is 905. The monoisotopic (exact) mass is 368 g/mol. The number of nitrogens with one attached hydrogen (secondary N) is 1. The summed E-state index contributed by atoms with van der Waals surface area (Å²) in [4.78, 5) is 0.386. The number of sulfonamides is 1. The van der Waals surface area contributed by atoms with E-state index >= 15 is 0 Å². The van der Waals surface area contributed by atoms with E-state index in [2.05, 4.69) is 35.7 Å². The molecule has 3 fully saturated rings.